The molecule has 0 aliphatic heterocycles. The molecule has 2 amide bonds. The molecule has 3 nitrogen and oxygen atoms in total. The minimum atomic E-state index is -0.0799. The van der Waals surface area contributed by atoms with Gasteiger partial charge in [0.2, 0.25) is 0 Å². The van der Waals surface area contributed by atoms with E-state index in [0.29, 0.717) is 12.5 Å². The lowest BCUT2D eigenvalue weighted by molar-refractivity contribution is 0.240. The largest absolute Gasteiger partial charge is 0.335 e. The average Bonchev–Trinajstić information content (AvgIpc) is 3.23. The molecular formula is C19H18N2OS. The van der Waals surface area contributed by atoms with E-state index >= 15 is 0 Å². The summed E-state index contributed by atoms with van der Waals surface area (Å²) in [6, 6.07) is 18.8. The molecule has 116 valence electrons. The van der Waals surface area contributed by atoms with Crippen LogP contribution in [-0.2, 0) is 6.54 Å². The first-order valence-corrected chi connectivity index (χ1v) is 8.73. The molecule has 1 aliphatic carbocycles. The highest BCUT2D eigenvalue weighted by atomic mass is 32.1. The summed E-state index contributed by atoms with van der Waals surface area (Å²) in [4.78, 5) is 12.1. The number of thiophene rings is 1. The Hall–Kier alpha value is -2.33. The fraction of sp³-hybridized carbons (Fsp3) is 0.211. The third-order valence-electron chi connectivity index (χ3n) is 4.34. The molecule has 2 N–H and O–H groups in total. The van der Waals surface area contributed by atoms with Crippen LogP contribution in [0.1, 0.15) is 23.5 Å². The Kier molecular flexibility index (Phi) is 3.75. The van der Waals surface area contributed by atoms with Crippen LogP contribution in [0.25, 0.3) is 10.1 Å². The summed E-state index contributed by atoms with van der Waals surface area (Å²) in [5.41, 5.74) is 2.48. The Labute approximate surface area is 139 Å². The fourth-order valence-corrected chi connectivity index (χ4v) is 3.95. The second-order valence-electron chi connectivity index (χ2n) is 5.94. The maximum atomic E-state index is 12.1. The van der Waals surface area contributed by atoms with Crippen LogP contribution in [0.5, 0.6) is 0 Å². The standard InChI is InChI=1S/C19H18N2OS/c22-19(21-17-10-16(17)13-6-2-1-3-7-13)20-11-14-12-23-18-9-5-4-8-15(14)18/h1-9,12,16-17H,10-11H2,(H2,20,21,22)/t16-,17-/m1/s1. The number of benzene rings is 2. The SMILES string of the molecule is O=C(NCc1csc2ccccc12)N[C@@H]1C[C@@H]1c1ccccc1. The van der Waals surface area contributed by atoms with Gasteiger partial charge in [-0.15, -0.1) is 11.3 Å². The molecule has 1 aromatic heterocycles. The monoisotopic (exact) mass is 322 g/mol. The van der Waals surface area contributed by atoms with Crippen molar-refractivity contribution in [3.8, 4) is 0 Å². The molecule has 0 bridgehead atoms. The number of urea groups is 1. The zero-order valence-electron chi connectivity index (χ0n) is 12.7. The van der Waals surface area contributed by atoms with Crippen LogP contribution in [0.4, 0.5) is 4.79 Å². The summed E-state index contributed by atoms with van der Waals surface area (Å²) >= 11 is 1.72. The van der Waals surface area contributed by atoms with Gasteiger partial charge in [0.25, 0.3) is 0 Å². The highest BCUT2D eigenvalue weighted by Gasteiger charge is 2.39. The minimum absolute atomic E-state index is 0.0799. The molecule has 0 unspecified atom stereocenters. The lowest BCUT2D eigenvalue weighted by Crippen LogP contribution is -2.36. The van der Waals surface area contributed by atoms with Crippen molar-refractivity contribution in [1.29, 1.82) is 0 Å². The number of nitrogens with one attached hydrogen (secondary N) is 2. The maximum Gasteiger partial charge on any atom is 0.315 e. The first-order valence-electron chi connectivity index (χ1n) is 7.85. The quantitative estimate of drug-likeness (QED) is 0.740. The van der Waals surface area contributed by atoms with Gasteiger partial charge in [-0.05, 0) is 34.4 Å². The molecule has 0 radical (unpaired) electrons. The van der Waals surface area contributed by atoms with E-state index < -0.39 is 0 Å². The Morgan fingerprint density at radius 1 is 1.09 bits per heavy atom. The third-order valence-corrected chi connectivity index (χ3v) is 5.35. The summed E-state index contributed by atoms with van der Waals surface area (Å²) in [6.07, 6.45) is 1.03. The molecule has 0 saturated heterocycles. The molecule has 4 heteroatoms. The van der Waals surface area contributed by atoms with Gasteiger partial charge in [-0.1, -0.05) is 48.5 Å². The number of rotatable bonds is 4. The Morgan fingerprint density at radius 2 is 1.87 bits per heavy atom. The number of fused-ring (bicyclic) bond motifs is 1. The second-order valence-corrected chi connectivity index (χ2v) is 6.85. The second kappa shape index (κ2) is 6.05. The third kappa shape index (κ3) is 3.08. The molecule has 2 atom stereocenters. The van der Waals surface area contributed by atoms with E-state index in [9.17, 15) is 4.79 Å². The first kappa shape index (κ1) is 14.3. The predicted molar refractivity (Wildman–Crippen MR) is 94.8 cm³/mol. The normalized spacial score (nSPS) is 19.5. The summed E-state index contributed by atoms with van der Waals surface area (Å²) in [5.74, 6) is 0.462. The minimum Gasteiger partial charge on any atom is -0.335 e. The molecule has 1 saturated carbocycles. The first-order chi connectivity index (χ1) is 11.3. The molecule has 0 spiro atoms. The van der Waals surface area contributed by atoms with Crippen LogP contribution in [0.2, 0.25) is 0 Å². The Morgan fingerprint density at radius 3 is 2.74 bits per heavy atom. The summed E-state index contributed by atoms with van der Waals surface area (Å²) < 4.78 is 1.26. The van der Waals surface area contributed by atoms with Crippen LogP contribution >= 0.6 is 11.3 Å². The van der Waals surface area contributed by atoms with E-state index in [1.807, 2.05) is 30.3 Å². The maximum absolute atomic E-state index is 12.1. The number of hydrogen-bond acceptors (Lipinski definition) is 2. The van der Waals surface area contributed by atoms with Crippen LogP contribution in [-0.4, -0.2) is 12.1 Å². The highest BCUT2D eigenvalue weighted by Crippen LogP contribution is 2.40. The van der Waals surface area contributed by atoms with E-state index in [4.69, 9.17) is 0 Å². The number of amides is 2. The van der Waals surface area contributed by atoms with Gasteiger partial charge in [-0.2, -0.15) is 0 Å². The Bertz CT molecular complexity index is 828. The van der Waals surface area contributed by atoms with Gasteiger partial charge in [0.15, 0.2) is 0 Å². The van der Waals surface area contributed by atoms with Gasteiger partial charge in [0.1, 0.15) is 0 Å². The molecule has 1 heterocycles. The van der Waals surface area contributed by atoms with Crippen molar-refractivity contribution in [2.45, 2.75) is 24.9 Å². The smallest absolute Gasteiger partial charge is 0.315 e. The highest BCUT2D eigenvalue weighted by molar-refractivity contribution is 7.17. The van der Waals surface area contributed by atoms with E-state index in [2.05, 4.69) is 40.3 Å². The van der Waals surface area contributed by atoms with Gasteiger partial charge < -0.3 is 10.6 Å². The van der Waals surface area contributed by atoms with Crippen molar-refractivity contribution in [3.63, 3.8) is 0 Å². The van der Waals surface area contributed by atoms with Crippen molar-refractivity contribution in [3.05, 3.63) is 71.1 Å². The van der Waals surface area contributed by atoms with Crippen molar-refractivity contribution < 1.29 is 4.79 Å². The Balaban J connectivity index is 1.31. The van der Waals surface area contributed by atoms with Gasteiger partial charge >= 0.3 is 6.03 Å². The van der Waals surface area contributed by atoms with Gasteiger partial charge in [-0.3, -0.25) is 0 Å². The molecule has 1 aliphatic rings. The van der Waals surface area contributed by atoms with E-state index in [1.54, 1.807) is 11.3 Å². The van der Waals surface area contributed by atoms with Gasteiger partial charge in [-0.25, -0.2) is 4.79 Å². The van der Waals surface area contributed by atoms with Gasteiger partial charge in [0.05, 0.1) is 0 Å². The fourth-order valence-electron chi connectivity index (χ4n) is 2.99. The molecule has 23 heavy (non-hydrogen) atoms. The molecule has 4 rings (SSSR count). The number of hydrogen-bond donors (Lipinski definition) is 2. The van der Waals surface area contributed by atoms with E-state index in [1.165, 1.54) is 21.2 Å². The lowest BCUT2D eigenvalue weighted by Gasteiger charge is -2.07. The molecule has 3 aromatic rings. The molecular weight excluding hydrogens is 304 g/mol. The van der Waals surface area contributed by atoms with Crippen molar-refractivity contribution in [1.82, 2.24) is 10.6 Å². The zero-order valence-corrected chi connectivity index (χ0v) is 13.5. The summed E-state index contributed by atoms with van der Waals surface area (Å²) in [7, 11) is 0. The average molecular weight is 322 g/mol. The van der Waals surface area contributed by atoms with Crippen LogP contribution in [0.3, 0.4) is 0 Å². The molecule has 1 fully saturated rings. The zero-order chi connectivity index (χ0) is 15.6. The summed E-state index contributed by atoms with van der Waals surface area (Å²) in [5, 5.41) is 9.39. The van der Waals surface area contributed by atoms with Crippen LogP contribution in [0, 0.1) is 0 Å². The topological polar surface area (TPSA) is 41.1 Å². The predicted octanol–water partition coefficient (Wildman–Crippen LogP) is 4.26. The lowest BCUT2D eigenvalue weighted by atomic mass is 10.1. The van der Waals surface area contributed by atoms with Crippen molar-refractivity contribution in [2.75, 3.05) is 0 Å². The van der Waals surface area contributed by atoms with E-state index in [0.717, 1.165) is 6.42 Å². The number of carbonyl (C=O) groups excluding carboxylic acids is 1. The van der Waals surface area contributed by atoms with E-state index in [-0.39, 0.29) is 12.1 Å². The van der Waals surface area contributed by atoms with Crippen molar-refractivity contribution in [2.24, 2.45) is 0 Å². The van der Waals surface area contributed by atoms with Gasteiger partial charge in [0, 0.05) is 23.2 Å². The molecule has 2 aromatic carbocycles. The van der Waals surface area contributed by atoms with Crippen LogP contribution < -0.4 is 10.6 Å². The number of carbonyl (C=O) groups is 1. The van der Waals surface area contributed by atoms with Crippen molar-refractivity contribution >= 4 is 27.5 Å². The van der Waals surface area contributed by atoms with Crippen LogP contribution in [0.15, 0.2) is 60.0 Å². The summed E-state index contributed by atoms with van der Waals surface area (Å²) in [6.45, 7) is 0.568.